The number of H-pyrrole nitrogens is 1. The van der Waals surface area contributed by atoms with Crippen LogP contribution < -0.4 is 10.6 Å². The van der Waals surface area contributed by atoms with E-state index in [1.54, 1.807) is 42.5 Å². The van der Waals surface area contributed by atoms with Gasteiger partial charge in [-0.3, -0.25) is 9.59 Å². The number of hydrogen-bond donors (Lipinski definition) is 4. The number of nitrogens with zero attached hydrogens (tertiary/aromatic N) is 6. The zero-order valence-corrected chi connectivity index (χ0v) is 24.8. The molecule has 4 N–H and O–H groups in total. The number of esters is 1. The summed E-state index contributed by atoms with van der Waals surface area (Å²) in [4.78, 5) is 45.0. The number of aromatic nitrogens is 6. The van der Waals surface area contributed by atoms with Crippen LogP contribution in [0.25, 0.3) is 23.0 Å². The monoisotopic (exact) mass is 629 g/mol. The third-order valence-electron chi connectivity index (χ3n) is 7.27. The number of halogens is 1. The van der Waals surface area contributed by atoms with Crippen molar-refractivity contribution in [1.29, 1.82) is 5.26 Å². The number of aliphatic carboxylic acids is 1. The van der Waals surface area contributed by atoms with E-state index in [4.69, 9.17) is 16.3 Å². The number of ether oxygens (including phenoxy) is 1. The zero-order chi connectivity index (χ0) is 31.9. The normalized spacial score (nSPS) is 16.4. The van der Waals surface area contributed by atoms with Crippen LogP contribution in [0.2, 0.25) is 5.02 Å². The summed E-state index contributed by atoms with van der Waals surface area (Å²) in [6, 6.07) is 10.7. The number of anilines is 1. The van der Waals surface area contributed by atoms with Crippen molar-refractivity contribution in [3.63, 3.8) is 0 Å². The number of tetrazole rings is 1. The highest BCUT2D eigenvalue weighted by atomic mass is 35.5. The summed E-state index contributed by atoms with van der Waals surface area (Å²) in [5.41, 5.74) is 3.15. The van der Waals surface area contributed by atoms with Gasteiger partial charge in [0.05, 0.1) is 31.0 Å². The number of benzene rings is 2. The summed E-state index contributed by atoms with van der Waals surface area (Å²) in [5, 5.41) is 37.6. The summed E-state index contributed by atoms with van der Waals surface area (Å²) in [5.74, 6) is -1.54. The summed E-state index contributed by atoms with van der Waals surface area (Å²) in [6.07, 6.45) is 6.17. The van der Waals surface area contributed by atoms with Crippen LogP contribution in [0, 0.1) is 11.3 Å². The largest absolute Gasteiger partial charge is 0.480 e. The number of carbonyl (C=O) groups excluding carboxylic acids is 2. The number of carbonyl (C=O) groups is 3. The van der Waals surface area contributed by atoms with E-state index in [0.29, 0.717) is 70.3 Å². The van der Waals surface area contributed by atoms with Crippen LogP contribution in [0.1, 0.15) is 54.4 Å². The Hall–Kier alpha value is -5.55. The number of methoxy groups -OCH3 is 1. The lowest BCUT2D eigenvalue weighted by Gasteiger charge is -2.21. The van der Waals surface area contributed by atoms with Crippen molar-refractivity contribution in [2.75, 3.05) is 12.4 Å². The van der Waals surface area contributed by atoms with Crippen LogP contribution in [-0.2, 0) is 25.5 Å². The number of carboxylic acid groups (broad SMARTS) is 1. The molecule has 45 heavy (non-hydrogen) atoms. The van der Waals surface area contributed by atoms with Crippen molar-refractivity contribution in [2.45, 2.75) is 44.2 Å². The Morgan fingerprint density at radius 3 is 2.78 bits per heavy atom. The molecule has 0 fully saturated rings. The maximum atomic E-state index is 13.2. The summed E-state index contributed by atoms with van der Waals surface area (Å²) < 4.78 is 6.22. The fourth-order valence-electron chi connectivity index (χ4n) is 5.05. The van der Waals surface area contributed by atoms with Crippen molar-refractivity contribution in [3.05, 3.63) is 76.5 Å². The van der Waals surface area contributed by atoms with Gasteiger partial charge in [0.25, 0.3) is 0 Å². The van der Waals surface area contributed by atoms with Crippen molar-refractivity contribution in [3.8, 4) is 23.0 Å². The molecule has 230 valence electrons. The Morgan fingerprint density at radius 2 is 2.04 bits per heavy atom. The minimum absolute atomic E-state index is 0.0173. The molecule has 1 aliphatic heterocycles. The molecular formula is C30H28ClN9O5. The first-order chi connectivity index (χ1) is 21.7. The molecule has 0 aliphatic carbocycles. The number of rotatable bonds is 7. The number of nitriles is 1. The molecular weight excluding hydrogens is 602 g/mol. The van der Waals surface area contributed by atoms with Gasteiger partial charge < -0.3 is 25.5 Å². The molecule has 0 radical (unpaired) electrons. The highest BCUT2D eigenvalue weighted by Gasteiger charge is 2.26. The van der Waals surface area contributed by atoms with Crippen LogP contribution in [0.5, 0.6) is 0 Å². The molecule has 1 amide bonds. The number of amides is 1. The first-order valence-corrected chi connectivity index (χ1v) is 14.3. The highest BCUT2D eigenvalue weighted by Crippen LogP contribution is 2.34. The second-order valence-corrected chi connectivity index (χ2v) is 10.7. The molecule has 2 aromatic heterocycles. The Morgan fingerprint density at radius 1 is 1.22 bits per heavy atom. The summed E-state index contributed by atoms with van der Waals surface area (Å²) >= 11 is 6.20. The smallest absolute Gasteiger partial charge is 0.326 e. The highest BCUT2D eigenvalue weighted by molar-refractivity contribution is 6.30. The van der Waals surface area contributed by atoms with Crippen LogP contribution in [0.15, 0.2) is 48.8 Å². The molecule has 0 spiro atoms. The molecule has 5 rings (SSSR count). The molecule has 0 saturated carbocycles. The SMILES string of the molecule is COC(=O)Cc1ccc2c(c1)N[C@@H](C(=O)O)CCCC[C@H](NC(=O)/C=C/c1cc(Cl)ccc1-n1cnnn1)c1nc(C#N)c-2[nH]1. The summed E-state index contributed by atoms with van der Waals surface area (Å²) in [6.45, 7) is 0. The summed E-state index contributed by atoms with van der Waals surface area (Å²) in [7, 11) is 1.29. The molecule has 2 bridgehead atoms. The van der Waals surface area contributed by atoms with Gasteiger partial charge in [-0.1, -0.05) is 36.6 Å². The van der Waals surface area contributed by atoms with Gasteiger partial charge in [-0.15, -0.1) is 5.10 Å². The Balaban J connectivity index is 1.47. The number of hydrogen-bond acceptors (Lipinski definition) is 10. The second kappa shape index (κ2) is 13.8. The zero-order valence-electron chi connectivity index (χ0n) is 24.0. The van der Waals surface area contributed by atoms with Crippen molar-refractivity contribution in [1.82, 2.24) is 35.5 Å². The third kappa shape index (κ3) is 7.34. The van der Waals surface area contributed by atoms with E-state index >= 15 is 0 Å². The number of nitrogens with one attached hydrogen (secondary N) is 3. The van der Waals surface area contributed by atoms with Gasteiger partial charge in [0.15, 0.2) is 5.69 Å². The van der Waals surface area contributed by atoms with Crippen LogP contribution >= 0.6 is 11.6 Å². The van der Waals surface area contributed by atoms with Gasteiger partial charge in [0.2, 0.25) is 5.91 Å². The lowest BCUT2D eigenvalue weighted by molar-refractivity contribution is -0.140. The molecule has 0 saturated heterocycles. The van der Waals surface area contributed by atoms with E-state index in [-0.39, 0.29) is 12.1 Å². The van der Waals surface area contributed by atoms with Gasteiger partial charge in [-0.2, -0.15) is 9.94 Å². The first-order valence-electron chi connectivity index (χ1n) is 14.0. The van der Waals surface area contributed by atoms with Crippen LogP contribution in [0.3, 0.4) is 0 Å². The molecule has 14 nitrogen and oxygen atoms in total. The van der Waals surface area contributed by atoms with Crippen LogP contribution in [0.4, 0.5) is 5.69 Å². The van der Waals surface area contributed by atoms with Gasteiger partial charge >= 0.3 is 11.9 Å². The Bertz CT molecular complexity index is 1800. The van der Waals surface area contributed by atoms with E-state index < -0.39 is 29.9 Å². The molecule has 0 unspecified atom stereocenters. The topological polar surface area (TPSA) is 201 Å². The van der Waals surface area contributed by atoms with Gasteiger partial charge in [0.1, 0.15) is 24.3 Å². The fourth-order valence-corrected chi connectivity index (χ4v) is 5.23. The van der Waals surface area contributed by atoms with E-state index in [1.165, 1.54) is 24.2 Å². The quantitative estimate of drug-likeness (QED) is 0.172. The molecule has 15 heteroatoms. The number of aromatic amines is 1. The molecule has 4 aromatic rings. The van der Waals surface area contributed by atoms with Crippen molar-refractivity contribution < 1.29 is 24.2 Å². The maximum Gasteiger partial charge on any atom is 0.326 e. The molecule has 2 atom stereocenters. The van der Waals surface area contributed by atoms with E-state index in [0.717, 1.165) is 0 Å². The van der Waals surface area contributed by atoms with E-state index in [1.807, 2.05) is 0 Å². The third-order valence-corrected chi connectivity index (χ3v) is 7.50. The van der Waals surface area contributed by atoms with Gasteiger partial charge in [-0.05, 0) is 59.2 Å². The van der Waals surface area contributed by atoms with Crippen molar-refractivity contribution >= 4 is 41.2 Å². The number of imidazole rings is 1. The standard InChI is InChI=1S/C30H28ClN9O5/c1-45-27(42)13-17-6-9-20-23(12-17)34-22(30(43)44)5-3-2-4-21(29-36-24(15-32)28(20)37-29)35-26(41)11-7-18-14-19(31)8-10-25(18)40-16-33-38-39-40/h6-12,14,16,21-22,34H,2-5,13H2,1H3,(H,35,41)(H,36,37)(H,43,44)/b11-7+/t21-,22+/m0/s1. The van der Waals surface area contributed by atoms with Gasteiger partial charge in [-0.25, -0.2) is 9.78 Å². The molecule has 1 aliphatic rings. The lowest BCUT2D eigenvalue weighted by Crippen LogP contribution is -2.30. The van der Waals surface area contributed by atoms with Crippen molar-refractivity contribution in [2.24, 2.45) is 0 Å². The Labute approximate surface area is 262 Å². The molecule has 3 heterocycles. The number of fused-ring (bicyclic) bond motifs is 4. The minimum atomic E-state index is -1.04. The van der Waals surface area contributed by atoms with Gasteiger partial charge in [0, 0.05) is 27.9 Å². The molecule has 2 aromatic carbocycles. The average molecular weight is 630 g/mol. The van der Waals surface area contributed by atoms with Crippen LogP contribution in [-0.4, -0.2) is 66.3 Å². The van der Waals surface area contributed by atoms with E-state index in [9.17, 15) is 24.8 Å². The van der Waals surface area contributed by atoms with E-state index in [2.05, 4.69) is 42.2 Å². The average Bonchev–Trinajstić information content (AvgIpc) is 3.71. The predicted octanol–water partition coefficient (Wildman–Crippen LogP) is 3.60. The minimum Gasteiger partial charge on any atom is -0.480 e. The maximum absolute atomic E-state index is 13.2. The number of carboxylic acids is 1. The predicted molar refractivity (Wildman–Crippen MR) is 162 cm³/mol. The fraction of sp³-hybridized carbons (Fsp3) is 0.267. The Kier molecular flexibility index (Phi) is 9.49. The second-order valence-electron chi connectivity index (χ2n) is 10.3. The lowest BCUT2D eigenvalue weighted by atomic mass is 10.0. The first kappa shape index (κ1) is 30.9.